The standard InChI is InChI=1S/C13H14BrNO3/c1-13(2,3)18-12(17)15-7-11(16)9-6-8(14)4-5-10(9)15/h4-7,16H,1-3H3. The normalized spacial score (nSPS) is 11.8. The van der Waals surface area contributed by atoms with Crippen LogP contribution in [0.15, 0.2) is 28.9 Å². The molecule has 0 unspecified atom stereocenters. The summed E-state index contributed by atoms with van der Waals surface area (Å²) in [5.74, 6) is 0.0529. The van der Waals surface area contributed by atoms with Gasteiger partial charge in [-0.15, -0.1) is 0 Å². The molecule has 1 aromatic carbocycles. The third-order valence-corrected chi connectivity index (χ3v) is 2.83. The number of hydrogen-bond acceptors (Lipinski definition) is 3. The van der Waals surface area contributed by atoms with Gasteiger partial charge in [-0.25, -0.2) is 9.36 Å². The summed E-state index contributed by atoms with van der Waals surface area (Å²) in [6.07, 6.45) is 0.862. The quantitative estimate of drug-likeness (QED) is 0.803. The second kappa shape index (κ2) is 4.31. The highest BCUT2D eigenvalue weighted by Gasteiger charge is 2.20. The van der Waals surface area contributed by atoms with Gasteiger partial charge in [-0.2, -0.15) is 0 Å². The van der Waals surface area contributed by atoms with Crippen LogP contribution in [0.3, 0.4) is 0 Å². The second-order valence-electron chi connectivity index (χ2n) is 5.03. The Bertz CT molecular complexity index is 610. The highest BCUT2D eigenvalue weighted by atomic mass is 79.9. The average Bonchev–Trinajstić information content (AvgIpc) is 2.54. The van der Waals surface area contributed by atoms with Gasteiger partial charge >= 0.3 is 6.09 Å². The lowest BCUT2D eigenvalue weighted by Crippen LogP contribution is -2.26. The van der Waals surface area contributed by atoms with Gasteiger partial charge in [-0.05, 0) is 39.0 Å². The van der Waals surface area contributed by atoms with E-state index in [0.29, 0.717) is 10.9 Å². The Labute approximate surface area is 113 Å². The summed E-state index contributed by atoms with van der Waals surface area (Å²) in [6, 6.07) is 5.32. The number of hydrogen-bond donors (Lipinski definition) is 1. The van der Waals surface area contributed by atoms with Crippen molar-refractivity contribution in [2.75, 3.05) is 0 Å². The van der Waals surface area contributed by atoms with Crippen LogP contribution in [-0.4, -0.2) is 21.4 Å². The van der Waals surface area contributed by atoms with Crippen molar-refractivity contribution in [3.05, 3.63) is 28.9 Å². The van der Waals surface area contributed by atoms with E-state index >= 15 is 0 Å². The van der Waals surface area contributed by atoms with E-state index in [1.165, 1.54) is 10.8 Å². The molecule has 0 aliphatic rings. The van der Waals surface area contributed by atoms with E-state index in [1.54, 1.807) is 32.9 Å². The minimum atomic E-state index is -0.571. The first-order valence-corrected chi connectivity index (χ1v) is 6.30. The van der Waals surface area contributed by atoms with Gasteiger partial charge in [0.15, 0.2) is 0 Å². The average molecular weight is 312 g/mol. The summed E-state index contributed by atoms with van der Waals surface area (Å²) in [5, 5.41) is 10.4. The lowest BCUT2D eigenvalue weighted by atomic mass is 10.2. The molecule has 0 aliphatic heterocycles. The molecule has 18 heavy (non-hydrogen) atoms. The van der Waals surface area contributed by atoms with E-state index in [9.17, 15) is 9.90 Å². The minimum Gasteiger partial charge on any atom is -0.506 e. The fourth-order valence-corrected chi connectivity index (χ4v) is 2.01. The fourth-order valence-electron chi connectivity index (χ4n) is 1.65. The number of aromatic nitrogens is 1. The molecule has 0 bridgehead atoms. The highest BCUT2D eigenvalue weighted by Crippen LogP contribution is 2.30. The molecule has 0 radical (unpaired) electrons. The SMILES string of the molecule is CC(C)(C)OC(=O)n1cc(O)c2cc(Br)ccc21. The van der Waals surface area contributed by atoms with Crippen LogP contribution >= 0.6 is 15.9 Å². The third-order valence-electron chi connectivity index (χ3n) is 2.34. The molecule has 0 aliphatic carbocycles. The Kier molecular flexibility index (Phi) is 3.11. The Balaban J connectivity index is 2.49. The topological polar surface area (TPSA) is 51.5 Å². The van der Waals surface area contributed by atoms with Crippen molar-refractivity contribution in [3.8, 4) is 5.75 Å². The molecule has 5 heteroatoms. The highest BCUT2D eigenvalue weighted by molar-refractivity contribution is 9.10. The smallest absolute Gasteiger partial charge is 0.419 e. The molecule has 0 spiro atoms. The van der Waals surface area contributed by atoms with Crippen LogP contribution in [-0.2, 0) is 4.74 Å². The van der Waals surface area contributed by atoms with Crippen LogP contribution in [0.4, 0.5) is 4.79 Å². The fraction of sp³-hybridized carbons (Fsp3) is 0.308. The maximum Gasteiger partial charge on any atom is 0.419 e. The van der Waals surface area contributed by atoms with Gasteiger partial charge in [-0.3, -0.25) is 0 Å². The van der Waals surface area contributed by atoms with Gasteiger partial charge in [0, 0.05) is 9.86 Å². The Morgan fingerprint density at radius 2 is 2.06 bits per heavy atom. The van der Waals surface area contributed by atoms with E-state index in [-0.39, 0.29) is 5.75 Å². The third kappa shape index (κ3) is 2.51. The van der Waals surface area contributed by atoms with E-state index in [4.69, 9.17) is 4.74 Å². The molecule has 1 heterocycles. The summed E-state index contributed by atoms with van der Waals surface area (Å²) < 4.78 is 7.42. The largest absolute Gasteiger partial charge is 0.506 e. The lowest BCUT2D eigenvalue weighted by molar-refractivity contribution is 0.0543. The molecule has 0 amide bonds. The molecule has 4 nitrogen and oxygen atoms in total. The Morgan fingerprint density at radius 3 is 2.67 bits per heavy atom. The summed E-state index contributed by atoms with van der Waals surface area (Å²) in [4.78, 5) is 12.0. The zero-order valence-corrected chi connectivity index (χ0v) is 12.0. The molecular formula is C13H14BrNO3. The van der Waals surface area contributed by atoms with Crippen LogP contribution in [0.2, 0.25) is 0 Å². The predicted octanol–water partition coefficient (Wildman–Crippen LogP) is 3.89. The summed E-state index contributed by atoms with van der Waals surface area (Å²) >= 11 is 3.33. The number of nitrogens with zero attached hydrogens (tertiary/aromatic N) is 1. The van der Waals surface area contributed by atoms with E-state index in [1.807, 2.05) is 6.07 Å². The molecule has 1 aromatic heterocycles. The first kappa shape index (κ1) is 13.0. The maximum absolute atomic E-state index is 12.0. The summed E-state index contributed by atoms with van der Waals surface area (Å²) in [7, 11) is 0. The molecule has 2 aromatic rings. The zero-order valence-electron chi connectivity index (χ0n) is 10.4. The van der Waals surface area contributed by atoms with Crippen molar-refractivity contribution in [2.24, 2.45) is 0 Å². The van der Waals surface area contributed by atoms with Crippen molar-refractivity contribution >= 4 is 32.9 Å². The minimum absolute atomic E-state index is 0.0529. The second-order valence-corrected chi connectivity index (χ2v) is 5.94. The van der Waals surface area contributed by atoms with Crippen molar-refractivity contribution < 1.29 is 14.6 Å². The molecule has 0 fully saturated rings. The first-order valence-electron chi connectivity index (χ1n) is 5.51. The maximum atomic E-state index is 12.0. The van der Waals surface area contributed by atoms with E-state index in [2.05, 4.69) is 15.9 Å². The van der Waals surface area contributed by atoms with Gasteiger partial charge in [0.2, 0.25) is 0 Å². The van der Waals surface area contributed by atoms with Gasteiger partial charge in [0.1, 0.15) is 11.4 Å². The number of fused-ring (bicyclic) bond motifs is 1. The van der Waals surface area contributed by atoms with Crippen molar-refractivity contribution in [1.82, 2.24) is 4.57 Å². The molecule has 96 valence electrons. The van der Waals surface area contributed by atoms with E-state index in [0.717, 1.165) is 4.47 Å². The number of halogens is 1. The van der Waals surface area contributed by atoms with Crippen molar-refractivity contribution in [2.45, 2.75) is 26.4 Å². The Morgan fingerprint density at radius 1 is 1.39 bits per heavy atom. The van der Waals surface area contributed by atoms with Crippen LogP contribution in [0.5, 0.6) is 5.75 Å². The van der Waals surface area contributed by atoms with Gasteiger partial charge in [-0.1, -0.05) is 15.9 Å². The zero-order chi connectivity index (χ0) is 13.5. The molecule has 0 atom stereocenters. The number of benzene rings is 1. The van der Waals surface area contributed by atoms with Crippen molar-refractivity contribution in [3.63, 3.8) is 0 Å². The van der Waals surface area contributed by atoms with Crippen molar-refractivity contribution in [1.29, 1.82) is 0 Å². The molecule has 0 saturated carbocycles. The van der Waals surface area contributed by atoms with Gasteiger partial charge < -0.3 is 9.84 Å². The molecular weight excluding hydrogens is 298 g/mol. The molecule has 1 N–H and O–H groups in total. The van der Waals surface area contributed by atoms with Gasteiger partial charge in [0.25, 0.3) is 0 Å². The summed E-state index contributed by atoms with van der Waals surface area (Å²) in [6.45, 7) is 5.40. The number of aromatic hydroxyl groups is 1. The number of carbonyl (C=O) groups is 1. The molecule has 0 saturated heterocycles. The van der Waals surface area contributed by atoms with Crippen LogP contribution in [0, 0.1) is 0 Å². The monoisotopic (exact) mass is 311 g/mol. The van der Waals surface area contributed by atoms with E-state index < -0.39 is 11.7 Å². The van der Waals surface area contributed by atoms with Crippen LogP contribution < -0.4 is 0 Å². The number of ether oxygens (including phenoxy) is 1. The molecule has 2 rings (SSSR count). The van der Waals surface area contributed by atoms with Gasteiger partial charge in [0.05, 0.1) is 11.7 Å². The Hall–Kier alpha value is -1.49. The van der Waals surface area contributed by atoms with Crippen LogP contribution in [0.25, 0.3) is 10.9 Å². The number of rotatable bonds is 0. The lowest BCUT2D eigenvalue weighted by Gasteiger charge is -2.19. The predicted molar refractivity (Wildman–Crippen MR) is 72.9 cm³/mol. The summed E-state index contributed by atoms with van der Waals surface area (Å²) in [5.41, 5.74) is 0.0449. The number of carbonyl (C=O) groups excluding carboxylic acids is 1. The first-order chi connectivity index (χ1) is 8.28. The van der Waals surface area contributed by atoms with Crippen LogP contribution in [0.1, 0.15) is 20.8 Å².